The number of hydrogen-bond donors (Lipinski definition) is 2. The molecule has 0 aliphatic rings. The average Bonchev–Trinajstić information content (AvgIpc) is 2.60. The number of carbonyl (C=O) groups excluding carboxylic acids is 3. The van der Waals surface area contributed by atoms with E-state index in [1.54, 1.807) is 6.07 Å². The zero-order valence-corrected chi connectivity index (χ0v) is 13.9. The van der Waals surface area contributed by atoms with Crippen molar-refractivity contribution in [1.82, 2.24) is 0 Å². The molecule has 0 saturated carbocycles. The van der Waals surface area contributed by atoms with Crippen molar-refractivity contribution in [2.75, 3.05) is 5.32 Å². The van der Waals surface area contributed by atoms with E-state index >= 15 is 0 Å². The quantitative estimate of drug-likeness (QED) is 0.614. The second kappa shape index (κ2) is 8.57. The fourth-order valence-corrected chi connectivity index (χ4v) is 2.00. The van der Waals surface area contributed by atoms with E-state index in [1.165, 1.54) is 55.5 Å². The zero-order valence-electron chi connectivity index (χ0n) is 13.9. The summed E-state index contributed by atoms with van der Waals surface area (Å²) < 4.78 is 18.0. The smallest absolute Gasteiger partial charge is 0.331 e. The van der Waals surface area contributed by atoms with E-state index < -0.39 is 29.7 Å². The summed E-state index contributed by atoms with van der Waals surface area (Å²) in [6.45, 7) is 1.42. The van der Waals surface area contributed by atoms with Crippen molar-refractivity contribution < 1.29 is 23.5 Å². The predicted molar refractivity (Wildman–Crippen MR) is 94.6 cm³/mol. The summed E-state index contributed by atoms with van der Waals surface area (Å²) in [6.07, 6.45) is 1.45. The summed E-state index contributed by atoms with van der Waals surface area (Å²) in [4.78, 5) is 34.8. The number of benzene rings is 2. The van der Waals surface area contributed by atoms with Gasteiger partial charge < -0.3 is 15.8 Å². The summed E-state index contributed by atoms with van der Waals surface area (Å²) >= 11 is 0. The number of nitrogens with one attached hydrogen (secondary N) is 1. The fraction of sp³-hybridized carbons (Fsp3) is 0.105. The Bertz CT molecular complexity index is 847. The van der Waals surface area contributed by atoms with Gasteiger partial charge in [0.05, 0.1) is 0 Å². The van der Waals surface area contributed by atoms with E-state index in [-0.39, 0.29) is 0 Å². The Hall–Kier alpha value is -3.48. The molecule has 134 valence electrons. The number of halogens is 1. The predicted octanol–water partition coefficient (Wildman–Crippen LogP) is 2.51. The van der Waals surface area contributed by atoms with Gasteiger partial charge >= 0.3 is 5.97 Å². The molecule has 6 nitrogen and oxygen atoms in total. The third-order valence-corrected chi connectivity index (χ3v) is 3.36. The molecule has 0 aromatic heterocycles. The van der Waals surface area contributed by atoms with Gasteiger partial charge in [-0.1, -0.05) is 12.1 Å². The van der Waals surface area contributed by atoms with Gasteiger partial charge in [-0.15, -0.1) is 0 Å². The van der Waals surface area contributed by atoms with Crippen molar-refractivity contribution in [3.63, 3.8) is 0 Å². The monoisotopic (exact) mass is 356 g/mol. The van der Waals surface area contributed by atoms with Gasteiger partial charge in [-0.25, -0.2) is 9.18 Å². The molecule has 2 rings (SSSR count). The molecule has 0 saturated heterocycles. The molecule has 3 N–H and O–H groups in total. The lowest BCUT2D eigenvalue weighted by molar-refractivity contribution is -0.148. The van der Waals surface area contributed by atoms with Crippen LogP contribution < -0.4 is 11.1 Å². The molecular weight excluding hydrogens is 339 g/mol. The minimum atomic E-state index is -1.05. The van der Waals surface area contributed by atoms with Crippen LogP contribution in [0.15, 0.2) is 54.6 Å². The number of nitrogens with two attached hydrogens (primary N) is 1. The Morgan fingerprint density at radius 1 is 1.15 bits per heavy atom. The van der Waals surface area contributed by atoms with E-state index in [0.29, 0.717) is 16.8 Å². The van der Waals surface area contributed by atoms with Crippen LogP contribution in [0.25, 0.3) is 6.08 Å². The third-order valence-electron chi connectivity index (χ3n) is 3.36. The highest BCUT2D eigenvalue weighted by Crippen LogP contribution is 2.10. The maximum absolute atomic E-state index is 13.1. The second-order valence-corrected chi connectivity index (χ2v) is 5.40. The molecule has 0 spiro atoms. The summed E-state index contributed by atoms with van der Waals surface area (Å²) in [6, 6.07) is 11.6. The van der Waals surface area contributed by atoms with Crippen molar-refractivity contribution in [2.24, 2.45) is 5.73 Å². The lowest BCUT2D eigenvalue weighted by Gasteiger charge is -2.12. The summed E-state index contributed by atoms with van der Waals surface area (Å²) in [5.41, 5.74) is 6.37. The average molecular weight is 356 g/mol. The van der Waals surface area contributed by atoms with Crippen molar-refractivity contribution in [1.29, 1.82) is 0 Å². The molecule has 2 aromatic carbocycles. The molecule has 0 heterocycles. The van der Waals surface area contributed by atoms with Gasteiger partial charge in [-0.3, -0.25) is 9.59 Å². The van der Waals surface area contributed by atoms with Crippen molar-refractivity contribution >= 4 is 29.5 Å². The number of primary amides is 1. The van der Waals surface area contributed by atoms with Gasteiger partial charge in [0.15, 0.2) is 6.10 Å². The molecule has 2 aromatic rings. The Labute approximate surface area is 149 Å². The van der Waals surface area contributed by atoms with Gasteiger partial charge in [-0.05, 0) is 55.0 Å². The summed E-state index contributed by atoms with van der Waals surface area (Å²) in [7, 11) is 0. The van der Waals surface area contributed by atoms with Gasteiger partial charge in [-0.2, -0.15) is 0 Å². The zero-order chi connectivity index (χ0) is 19.1. The van der Waals surface area contributed by atoms with Gasteiger partial charge in [0, 0.05) is 17.3 Å². The molecular formula is C19H17FN2O4. The molecule has 0 bridgehead atoms. The van der Waals surface area contributed by atoms with Gasteiger partial charge in [0.2, 0.25) is 5.91 Å². The summed E-state index contributed by atoms with van der Waals surface area (Å²) in [5.74, 6) is -2.27. The number of rotatable bonds is 6. The van der Waals surface area contributed by atoms with Crippen LogP contribution in [0.2, 0.25) is 0 Å². The molecule has 0 fully saturated rings. The summed E-state index contributed by atoms with van der Waals surface area (Å²) in [5, 5.41) is 2.55. The first kappa shape index (κ1) is 18.9. The van der Waals surface area contributed by atoms with E-state index in [0.717, 1.165) is 6.08 Å². The van der Waals surface area contributed by atoms with Crippen LogP contribution in [0, 0.1) is 5.82 Å². The van der Waals surface area contributed by atoms with Crippen LogP contribution in [-0.2, 0) is 14.3 Å². The number of esters is 1. The first-order chi connectivity index (χ1) is 12.3. The highest BCUT2D eigenvalue weighted by atomic mass is 19.1. The molecule has 26 heavy (non-hydrogen) atoms. The highest BCUT2D eigenvalue weighted by molar-refractivity contribution is 5.97. The maximum atomic E-state index is 13.1. The normalized spacial score (nSPS) is 11.8. The Morgan fingerprint density at radius 3 is 2.46 bits per heavy atom. The number of amides is 2. The van der Waals surface area contributed by atoms with Crippen LogP contribution in [0.4, 0.5) is 10.1 Å². The van der Waals surface area contributed by atoms with E-state index in [4.69, 9.17) is 10.5 Å². The van der Waals surface area contributed by atoms with E-state index in [1.807, 2.05) is 0 Å². The van der Waals surface area contributed by atoms with Crippen LogP contribution in [0.5, 0.6) is 0 Å². The van der Waals surface area contributed by atoms with Gasteiger partial charge in [0.25, 0.3) is 5.91 Å². The molecule has 1 atom stereocenters. The lowest BCUT2D eigenvalue weighted by Crippen LogP contribution is -2.29. The minimum Gasteiger partial charge on any atom is -0.449 e. The Kier molecular flexibility index (Phi) is 6.21. The Balaban J connectivity index is 1.89. The van der Waals surface area contributed by atoms with Crippen molar-refractivity contribution in [2.45, 2.75) is 13.0 Å². The number of anilines is 1. The first-order valence-electron chi connectivity index (χ1n) is 7.70. The number of hydrogen-bond acceptors (Lipinski definition) is 4. The topological polar surface area (TPSA) is 98.5 Å². The van der Waals surface area contributed by atoms with E-state index in [2.05, 4.69) is 5.32 Å². The van der Waals surface area contributed by atoms with E-state index in [9.17, 15) is 18.8 Å². The number of ether oxygens (including phenoxy) is 1. The molecule has 0 aliphatic heterocycles. The molecule has 0 radical (unpaired) electrons. The SMILES string of the molecule is CC(OC(=O)/C=C/c1cccc(F)c1)C(=O)Nc1ccc(C(N)=O)cc1. The van der Waals surface area contributed by atoms with Crippen LogP contribution in [0.3, 0.4) is 0 Å². The standard InChI is InChI=1S/C19H17FN2O4/c1-12(19(25)22-16-8-6-14(7-9-16)18(21)24)26-17(23)10-5-13-3-2-4-15(20)11-13/h2-12H,1H3,(H2,21,24)(H,22,25)/b10-5+. The second-order valence-electron chi connectivity index (χ2n) is 5.40. The lowest BCUT2D eigenvalue weighted by atomic mass is 10.2. The molecule has 0 aliphatic carbocycles. The van der Waals surface area contributed by atoms with Crippen molar-refractivity contribution in [3.05, 3.63) is 71.6 Å². The molecule has 7 heteroatoms. The third kappa shape index (κ3) is 5.55. The highest BCUT2D eigenvalue weighted by Gasteiger charge is 2.16. The minimum absolute atomic E-state index is 0.310. The van der Waals surface area contributed by atoms with Crippen molar-refractivity contribution in [3.8, 4) is 0 Å². The van der Waals surface area contributed by atoms with Crippen LogP contribution in [-0.4, -0.2) is 23.9 Å². The first-order valence-corrected chi connectivity index (χ1v) is 7.70. The largest absolute Gasteiger partial charge is 0.449 e. The Morgan fingerprint density at radius 2 is 1.85 bits per heavy atom. The van der Waals surface area contributed by atoms with Crippen LogP contribution >= 0.6 is 0 Å². The number of carbonyl (C=O) groups is 3. The van der Waals surface area contributed by atoms with Crippen LogP contribution in [0.1, 0.15) is 22.8 Å². The maximum Gasteiger partial charge on any atom is 0.331 e. The van der Waals surface area contributed by atoms with Gasteiger partial charge in [0.1, 0.15) is 5.82 Å². The fourth-order valence-electron chi connectivity index (χ4n) is 2.00. The molecule has 2 amide bonds. The molecule has 1 unspecified atom stereocenters.